The van der Waals surface area contributed by atoms with Crippen LogP contribution in [0.3, 0.4) is 0 Å². The van der Waals surface area contributed by atoms with Gasteiger partial charge in [-0.15, -0.1) is 0 Å². The van der Waals surface area contributed by atoms with E-state index in [1.807, 2.05) is 0 Å². The van der Waals surface area contributed by atoms with E-state index < -0.39 is 30.4 Å². The molecule has 9 heteroatoms. The minimum atomic E-state index is -1.36. The average Bonchev–Trinajstić information content (AvgIpc) is 2.81. The number of carboxylic acids is 1. The molecular weight excluding hydrogens is 270 g/mol. The van der Waals surface area contributed by atoms with E-state index >= 15 is 0 Å². The van der Waals surface area contributed by atoms with E-state index in [1.54, 1.807) is 13.0 Å². The zero-order chi connectivity index (χ0) is 15.1. The second-order valence-electron chi connectivity index (χ2n) is 3.93. The van der Waals surface area contributed by atoms with E-state index in [-0.39, 0.29) is 6.54 Å². The zero-order valence-electron chi connectivity index (χ0n) is 11.0. The fraction of sp³-hybridized carbons (Fsp3) is 0.455. The molecule has 0 radical (unpaired) electrons. The Bertz CT molecular complexity index is 498. The van der Waals surface area contributed by atoms with E-state index in [9.17, 15) is 14.4 Å². The van der Waals surface area contributed by atoms with Gasteiger partial charge in [-0.2, -0.15) is 0 Å². The van der Waals surface area contributed by atoms with Gasteiger partial charge in [0.15, 0.2) is 5.76 Å². The van der Waals surface area contributed by atoms with Crippen molar-refractivity contribution in [2.45, 2.75) is 25.9 Å². The van der Waals surface area contributed by atoms with E-state index in [2.05, 4.69) is 20.5 Å². The van der Waals surface area contributed by atoms with Crippen LogP contribution in [0.2, 0.25) is 0 Å². The molecule has 0 aliphatic heterocycles. The Morgan fingerprint density at radius 1 is 1.50 bits per heavy atom. The summed E-state index contributed by atoms with van der Waals surface area (Å²) in [7, 11) is 1.13. The molecule has 1 aromatic heterocycles. The number of methoxy groups -OCH3 is 1. The molecule has 1 aromatic rings. The molecule has 0 bridgehead atoms. The monoisotopic (exact) mass is 285 g/mol. The highest BCUT2D eigenvalue weighted by Crippen LogP contribution is 2.01. The molecule has 0 aromatic carbocycles. The Morgan fingerprint density at radius 3 is 2.70 bits per heavy atom. The first-order valence-corrected chi connectivity index (χ1v) is 5.68. The van der Waals surface area contributed by atoms with Gasteiger partial charge in [-0.25, -0.2) is 9.59 Å². The molecule has 2 amide bonds. The summed E-state index contributed by atoms with van der Waals surface area (Å²) in [5.41, 5.74) is 0.663. The van der Waals surface area contributed by atoms with Crippen molar-refractivity contribution in [3.8, 4) is 0 Å². The number of hydrogen-bond donors (Lipinski definition) is 3. The first-order chi connectivity index (χ1) is 9.42. The highest BCUT2D eigenvalue weighted by Gasteiger charge is 2.23. The van der Waals surface area contributed by atoms with Crippen molar-refractivity contribution in [2.24, 2.45) is 0 Å². The van der Waals surface area contributed by atoms with Crippen molar-refractivity contribution in [3.05, 3.63) is 17.5 Å². The van der Waals surface area contributed by atoms with Crippen LogP contribution >= 0.6 is 0 Å². The summed E-state index contributed by atoms with van der Waals surface area (Å²) in [6.07, 6.45) is -0.458. The van der Waals surface area contributed by atoms with Crippen molar-refractivity contribution < 1.29 is 28.8 Å². The number of ether oxygens (including phenoxy) is 1. The smallest absolute Gasteiger partial charge is 0.326 e. The van der Waals surface area contributed by atoms with E-state index in [1.165, 1.54) is 0 Å². The molecular formula is C11H15N3O6. The number of hydrogen-bond acceptors (Lipinski definition) is 6. The maximum Gasteiger partial charge on any atom is 0.326 e. The van der Waals surface area contributed by atoms with Gasteiger partial charge in [0.05, 0.1) is 25.8 Å². The van der Waals surface area contributed by atoms with Crippen LogP contribution in [-0.4, -0.2) is 41.4 Å². The third-order valence-electron chi connectivity index (χ3n) is 2.30. The lowest BCUT2D eigenvalue weighted by atomic mass is 10.2. The SMILES string of the molecule is COC(=O)C[C@H](NC(=O)NCc1cc(C)no1)C(=O)O. The lowest BCUT2D eigenvalue weighted by Crippen LogP contribution is -2.46. The molecule has 3 N–H and O–H groups in total. The number of nitrogens with one attached hydrogen (secondary N) is 2. The van der Waals surface area contributed by atoms with Crippen LogP contribution in [-0.2, 0) is 20.9 Å². The predicted molar refractivity (Wildman–Crippen MR) is 64.7 cm³/mol. The van der Waals surface area contributed by atoms with Crippen molar-refractivity contribution in [3.63, 3.8) is 0 Å². The van der Waals surface area contributed by atoms with Crippen molar-refractivity contribution in [2.75, 3.05) is 7.11 Å². The van der Waals surface area contributed by atoms with Crippen molar-refractivity contribution in [1.29, 1.82) is 0 Å². The number of carbonyl (C=O) groups excluding carboxylic acids is 2. The number of aliphatic carboxylic acids is 1. The molecule has 1 rings (SSSR count). The molecule has 110 valence electrons. The Balaban J connectivity index is 2.45. The lowest BCUT2D eigenvalue weighted by Gasteiger charge is -2.13. The first-order valence-electron chi connectivity index (χ1n) is 5.68. The Hall–Kier alpha value is -2.58. The van der Waals surface area contributed by atoms with Gasteiger partial charge in [0.25, 0.3) is 0 Å². The van der Waals surface area contributed by atoms with Gasteiger partial charge in [-0.05, 0) is 6.92 Å². The molecule has 1 atom stereocenters. The van der Waals surface area contributed by atoms with Crippen LogP contribution in [0.25, 0.3) is 0 Å². The number of urea groups is 1. The number of amides is 2. The quantitative estimate of drug-likeness (QED) is 0.617. The van der Waals surface area contributed by atoms with Crippen LogP contribution in [0, 0.1) is 6.92 Å². The third kappa shape index (κ3) is 4.96. The number of carboxylic acid groups (broad SMARTS) is 1. The summed E-state index contributed by atoms with van der Waals surface area (Å²) in [5.74, 6) is -1.64. The largest absolute Gasteiger partial charge is 0.480 e. The highest BCUT2D eigenvalue weighted by atomic mass is 16.5. The predicted octanol–water partition coefficient (Wildman–Crippen LogP) is -0.201. The van der Waals surface area contributed by atoms with Crippen molar-refractivity contribution >= 4 is 18.0 Å². The van der Waals surface area contributed by atoms with Crippen LogP contribution in [0.15, 0.2) is 10.6 Å². The minimum absolute atomic E-state index is 0.0528. The van der Waals surface area contributed by atoms with Crippen LogP contribution in [0.5, 0.6) is 0 Å². The van der Waals surface area contributed by atoms with E-state index in [4.69, 9.17) is 9.63 Å². The summed E-state index contributed by atoms with van der Waals surface area (Å²) in [6.45, 7) is 1.78. The maximum absolute atomic E-state index is 11.5. The standard InChI is InChI=1S/C11H15N3O6/c1-6-3-7(20-14-6)5-12-11(18)13-8(10(16)17)4-9(15)19-2/h3,8H,4-5H2,1-2H3,(H,16,17)(H2,12,13,18)/t8-/m0/s1. The maximum atomic E-state index is 11.5. The summed E-state index contributed by atoms with van der Waals surface area (Å²) in [6, 6.07) is -0.474. The molecule has 0 aliphatic carbocycles. The lowest BCUT2D eigenvalue weighted by molar-refractivity contribution is -0.147. The Kier molecular flexibility index (Phi) is 5.51. The van der Waals surface area contributed by atoms with Crippen LogP contribution < -0.4 is 10.6 Å². The fourth-order valence-corrected chi connectivity index (χ4v) is 1.33. The molecule has 1 heterocycles. The van der Waals surface area contributed by atoms with Crippen LogP contribution in [0.1, 0.15) is 17.9 Å². The second-order valence-corrected chi connectivity index (χ2v) is 3.93. The summed E-state index contributed by atoms with van der Waals surface area (Å²) in [4.78, 5) is 33.4. The molecule has 0 fully saturated rings. The van der Waals surface area contributed by atoms with Gasteiger partial charge in [0.2, 0.25) is 0 Å². The number of esters is 1. The molecule has 0 spiro atoms. The fourth-order valence-electron chi connectivity index (χ4n) is 1.33. The normalized spacial score (nSPS) is 11.5. The first kappa shape index (κ1) is 15.5. The summed E-state index contributed by atoms with van der Waals surface area (Å²) >= 11 is 0. The van der Waals surface area contributed by atoms with Crippen LogP contribution in [0.4, 0.5) is 4.79 Å². The molecule has 20 heavy (non-hydrogen) atoms. The highest BCUT2D eigenvalue weighted by molar-refractivity contribution is 5.86. The number of nitrogens with zero attached hydrogens (tertiary/aromatic N) is 1. The van der Waals surface area contributed by atoms with E-state index in [0.717, 1.165) is 7.11 Å². The van der Waals surface area contributed by atoms with Gasteiger partial charge >= 0.3 is 18.0 Å². The molecule has 0 saturated carbocycles. The van der Waals surface area contributed by atoms with Crippen molar-refractivity contribution in [1.82, 2.24) is 15.8 Å². The molecule has 0 saturated heterocycles. The topological polar surface area (TPSA) is 131 Å². The van der Waals surface area contributed by atoms with Gasteiger partial charge in [0.1, 0.15) is 6.04 Å². The number of carbonyl (C=O) groups is 3. The molecule has 0 unspecified atom stereocenters. The molecule has 0 aliphatic rings. The second kappa shape index (κ2) is 7.12. The van der Waals surface area contributed by atoms with E-state index in [0.29, 0.717) is 11.5 Å². The number of rotatable bonds is 6. The van der Waals surface area contributed by atoms with Gasteiger partial charge in [-0.1, -0.05) is 5.16 Å². The summed E-state index contributed by atoms with van der Waals surface area (Å²) < 4.78 is 9.21. The Morgan fingerprint density at radius 2 is 2.20 bits per heavy atom. The van der Waals surface area contributed by atoms with Gasteiger partial charge in [0, 0.05) is 6.07 Å². The van der Waals surface area contributed by atoms with Gasteiger partial charge < -0.3 is 25.0 Å². The third-order valence-corrected chi connectivity index (χ3v) is 2.30. The number of aromatic nitrogens is 1. The zero-order valence-corrected chi connectivity index (χ0v) is 11.0. The van der Waals surface area contributed by atoms with Gasteiger partial charge in [-0.3, -0.25) is 4.79 Å². The number of aryl methyl sites for hydroxylation is 1. The minimum Gasteiger partial charge on any atom is -0.480 e. The summed E-state index contributed by atoms with van der Waals surface area (Å²) in [5, 5.41) is 17.0. The Labute approximate surface area is 114 Å². The molecule has 9 nitrogen and oxygen atoms in total. The average molecular weight is 285 g/mol.